The highest BCUT2D eigenvalue weighted by Gasteiger charge is 2.22. The molecule has 2 aromatic rings. The number of aryl methyl sites for hydroxylation is 2. The minimum atomic E-state index is 0.0489. The Morgan fingerprint density at radius 1 is 1.22 bits per heavy atom. The van der Waals surface area contributed by atoms with Crippen molar-refractivity contribution in [2.75, 3.05) is 12.4 Å². The van der Waals surface area contributed by atoms with E-state index in [-0.39, 0.29) is 11.9 Å². The predicted molar refractivity (Wildman–Crippen MR) is 94.1 cm³/mol. The van der Waals surface area contributed by atoms with Crippen molar-refractivity contribution in [1.82, 2.24) is 5.32 Å². The number of nitrogens with one attached hydrogen (secondary N) is 1. The summed E-state index contributed by atoms with van der Waals surface area (Å²) in [7, 11) is 0. The van der Waals surface area contributed by atoms with Gasteiger partial charge in [-0.15, -0.1) is 11.8 Å². The summed E-state index contributed by atoms with van der Waals surface area (Å²) in [5.74, 6) is 1.38. The van der Waals surface area contributed by atoms with Crippen molar-refractivity contribution in [3.05, 3.63) is 59.2 Å². The molecule has 1 heterocycles. The Bertz CT molecular complexity index is 714. The molecular formula is C19H21NO2S. The third kappa shape index (κ3) is 3.88. The first kappa shape index (κ1) is 15.9. The highest BCUT2D eigenvalue weighted by molar-refractivity contribution is 8.00. The van der Waals surface area contributed by atoms with Gasteiger partial charge in [-0.3, -0.25) is 4.79 Å². The van der Waals surface area contributed by atoms with E-state index in [1.54, 1.807) is 11.8 Å². The van der Waals surface area contributed by atoms with Crippen LogP contribution in [0.25, 0.3) is 0 Å². The molecule has 4 heteroatoms. The molecule has 0 spiro atoms. The molecule has 1 atom stereocenters. The molecule has 120 valence electrons. The number of rotatable bonds is 4. The van der Waals surface area contributed by atoms with E-state index in [2.05, 4.69) is 37.4 Å². The van der Waals surface area contributed by atoms with Crippen molar-refractivity contribution in [2.24, 2.45) is 0 Å². The number of amides is 1. The van der Waals surface area contributed by atoms with Gasteiger partial charge in [-0.1, -0.05) is 24.3 Å². The SMILES string of the molecule is Cc1ccc(SCC(=O)NC2CCOc3ccccc32)cc1C. The molecule has 23 heavy (non-hydrogen) atoms. The second kappa shape index (κ2) is 7.09. The topological polar surface area (TPSA) is 38.3 Å². The summed E-state index contributed by atoms with van der Waals surface area (Å²) in [6.07, 6.45) is 0.817. The number of ether oxygens (including phenoxy) is 1. The smallest absolute Gasteiger partial charge is 0.230 e. The first-order chi connectivity index (χ1) is 11.1. The fourth-order valence-electron chi connectivity index (χ4n) is 2.68. The average Bonchev–Trinajstić information content (AvgIpc) is 2.56. The average molecular weight is 327 g/mol. The lowest BCUT2D eigenvalue weighted by atomic mass is 10.0. The molecule has 0 aliphatic carbocycles. The lowest BCUT2D eigenvalue weighted by Crippen LogP contribution is -2.33. The lowest BCUT2D eigenvalue weighted by molar-refractivity contribution is -0.119. The zero-order valence-electron chi connectivity index (χ0n) is 13.5. The van der Waals surface area contributed by atoms with Gasteiger partial charge in [0.15, 0.2) is 0 Å². The molecule has 0 aromatic heterocycles. The summed E-state index contributed by atoms with van der Waals surface area (Å²) in [5, 5.41) is 3.13. The molecule has 3 nitrogen and oxygen atoms in total. The molecule has 1 unspecified atom stereocenters. The maximum Gasteiger partial charge on any atom is 0.230 e. The molecule has 2 aromatic carbocycles. The van der Waals surface area contributed by atoms with Gasteiger partial charge in [0, 0.05) is 16.9 Å². The van der Waals surface area contributed by atoms with Gasteiger partial charge >= 0.3 is 0 Å². The molecule has 0 radical (unpaired) electrons. The van der Waals surface area contributed by atoms with Crippen molar-refractivity contribution in [3.8, 4) is 5.75 Å². The van der Waals surface area contributed by atoms with Crippen LogP contribution in [0.15, 0.2) is 47.4 Å². The summed E-state index contributed by atoms with van der Waals surface area (Å²) < 4.78 is 5.63. The van der Waals surface area contributed by atoms with Gasteiger partial charge in [0.2, 0.25) is 5.91 Å². The van der Waals surface area contributed by atoms with Crippen LogP contribution < -0.4 is 10.1 Å². The van der Waals surface area contributed by atoms with Crippen LogP contribution in [0.2, 0.25) is 0 Å². The quantitative estimate of drug-likeness (QED) is 0.862. The predicted octanol–water partition coefficient (Wildman–Crippen LogP) is 4.04. The number of hydrogen-bond donors (Lipinski definition) is 1. The number of carbonyl (C=O) groups excluding carboxylic acids is 1. The normalized spacial score (nSPS) is 16.3. The molecule has 0 bridgehead atoms. The zero-order chi connectivity index (χ0) is 16.2. The summed E-state index contributed by atoms with van der Waals surface area (Å²) in [6, 6.07) is 14.3. The summed E-state index contributed by atoms with van der Waals surface area (Å²) in [6.45, 7) is 4.84. The van der Waals surface area contributed by atoms with Crippen molar-refractivity contribution in [2.45, 2.75) is 31.2 Å². The van der Waals surface area contributed by atoms with E-state index in [4.69, 9.17) is 4.74 Å². The van der Waals surface area contributed by atoms with Crippen LogP contribution in [0.4, 0.5) is 0 Å². The first-order valence-corrected chi connectivity index (χ1v) is 8.83. The fraction of sp³-hybridized carbons (Fsp3) is 0.316. The number of para-hydroxylation sites is 1. The molecule has 3 rings (SSSR count). The van der Waals surface area contributed by atoms with E-state index in [0.717, 1.165) is 22.6 Å². The molecule has 0 fully saturated rings. The van der Waals surface area contributed by atoms with Gasteiger partial charge in [0.1, 0.15) is 5.75 Å². The minimum absolute atomic E-state index is 0.0489. The first-order valence-electron chi connectivity index (χ1n) is 7.84. The standard InChI is InChI=1S/C19H21NO2S/c1-13-7-8-15(11-14(13)2)23-12-19(21)20-17-9-10-22-18-6-4-3-5-16(17)18/h3-8,11,17H,9-10,12H2,1-2H3,(H,20,21). The van der Waals surface area contributed by atoms with E-state index < -0.39 is 0 Å². The Morgan fingerprint density at radius 3 is 2.87 bits per heavy atom. The lowest BCUT2D eigenvalue weighted by Gasteiger charge is -2.26. The van der Waals surface area contributed by atoms with Crippen molar-refractivity contribution in [3.63, 3.8) is 0 Å². The Morgan fingerprint density at radius 2 is 2.04 bits per heavy atom. The Kier molecular flexibility index (Phi) is 4.91. The number of benzene rings is 2. The van der Waals surface area contributed by atoms with E-state index in [0.29, 0.717) is 12.4 Å². The van der Waals surface area contributed by atoms with Gasteiger partial charge < -0.3 is 10.1 Å². The number of hydrogen-bond acceptors (Lipinski definition) is 3. The minimum Gasteiger partial charge on any atom is -0.493 e. The van der Waals surface area contributed by atoms with Crippen LogP contribution in [-0.2, 0) is 4.79 Å². The van der Waals surface area contributed by atoms with Gasteiger partial charge in [-0.2, -0.15) is 0 Å². The van der Waals surface area contributed by atoms with Crippen LogP contribution in [0.3, 0.4) is 0 Å². The van der Waals surface area contributed by atoms with Crippen LogP contribution >= 0.6 is 11.8 Å². The zero-order valence-corrected chi connectivity index (χ0v) is 14.3. The van der Waals surface area contributed by atoms with Crippen LogP contribution in [0, 0.1) is 13.8 Å². The second-order valence-electron chi connectivity index (χ2n) is 5.83. The molecule has 1 aliphatic heterocycles. The molecule has 0 saturated heterocycles. The summed E-state index contributed by atoms with van der Waals surface area (Å²) in [5.41, 5.74) is 3.61. The maximum absolute atomic E-state index is 12.3. The van der Waals surface area contributed by atoms with Crippen LogP contribution in [0.5, 0.6) is 5.75 Å². The Balaban J connectivity index is 1.59. The van der Waals surface area contributed by atoms with Gasteiger partial charge in [0.25, 0.3) is 0 Å². The van der Waals surface area contributed by atoms with E-state index in [1.807, 2.05) is 24.3 Å². The second-order valence-corrected chi connectivity index (χ2v) is 6.88. The number of carbonyl (C=O) groups is 1. The van der Waals surface area contributed by atoms with E-state index in [9.17, 15) is 4.79 Å². The molecule has 1 amide bonds. The molecular weight excluding hydrogens is 306 g/mol. The molecule has 1 aliphatic rings. The van der Waals surface area contributed by atoms with Crippen molar-refractivity contribution < 1.29 is 9.53 Å². The van der Waals surface area contributed by atoms with E-state index >= 15 is 0 Å². The maximum atomic E-state index is 12.3. The van der Waals surface area contributed by atoms with Crippen molar-refractivity contribution in [1.29, 1.82) is 0 Å². The van der Waals surface area contributed by atoms with E-state index in [1.165, 1.54) is 11.1 Å². The third-order valence-corrected chi connectivity index (χ3v) is 5.14. The summed E-state index contributed by atoms with van der Waals surface area (Å²) >= 11 is 1.58. The Labute approximate surface area is 141 Å². The van der Waals surface area contributed by atoms with Gasteiger partial charge in [-0.05, 0) is 43.2 Å². The summed E-state index contributed by atoms with van der Waals surface area (Å²) in [4.78, 5) is 13.4. The van der Waals surface area contributed by atoms with Gasteiger partial charge in [0.05, 0.1) is 18.4 Å². The largest absolute Gasteiger partial charge is 0.493 e. The van der Waals surface area contributed by atoms with Crippen LogP contribution in [-0.4, -0.2) is 18.3 Å². The number of thioether (sulfide) groups is 1. The van der Waals surface area contributed by atoms with Crippen LogP contribution in [0.1, 0.15) is 29.2 Å². The molecule has 1 N–H and O–H groups in total. The fourth-order valence-corrected chi connectivity index (χ4v) is 3.49. The third-order valence-electron chi connectivity index (χ3n) is 4.14. The highest BCUT2D eigenvalue weighted by atomic mass is 32.2. The molecule has 0 saturated carbocycles. The number of fused-ring (bicyclic) bond motifs is 1. The van der Waals surface area contributed by atoms with Crippen molar-refractivity contribution >= 4 is 17.7 Å². The highest BCUT2D eigenvalue weighted by Crippen LogP contribution is 2.31. The Hall–Kier alpha value is -1.94. The monoisotopic (exact) mass is 327 g/mol. The van der Waals surface area contributed by atoms with Gasteiger partial charge in [-0.25, -0.2) is 0 Å².